The van der Waals surface area contributed by atoms with Gasteiger partial charge in [0, 0.05) is 24.0 Å². The third-order valence-electron chi connectivity index (χ3n) is 6.02. The molecule has 2 aromatic heterocycles. The highest BCUT2D eigenvalue weighted by atomic mass is 35.5. The summed E-state index contributed by atoms with van der Waals surface area (Å²) < 4.78 is 0. The van der Waals surface area contributed by atoms with Gasteiger partial charge in [-0.1, -0.05) is 47.5 Å². The second kappa shape index (κ2) is 8.37. The van der Waals surface area contributed by atoms with E-state index in [1.54, 1.807) is 12.1 Å². The van der Waals surface area contributed by atoms with E-state index in [0.29, 0.717) is 5.69 Å². The van der Waals surface area contributed by atoms with Gasteiger partial charge >= 0.3 is 5.97 Å². The highest BCUT2D eigenvalue weighted by Crippen LogP contribution is 2.32. The summed E-state index contributed by atoms with van der Waals surface area (Å²) in [5.41, 5.74) is 5.98. The van der Waals surface area contributed by atoms with E-state index in [2.05, 4.69) is 63.7 Å². The van der Waals surface area contributed by atoms with E-state index < -0.39 is 5.97 Å². The van der Waals surface area contributed by atoms with Gasteiger partial charge in [0.25, 0.3) is 0 Å². The van der Waals surface area contributed by atoms with Crippen molar-refractivity contribution < 1.29 is 9.90 Å². The van der Waals surface area contributed by atoms with E-state index in [1.807, 2.05) is 13.8 Å². The largest absolute Gasteiger partial charge is 0.476 e. The van der Waals surface area contributed by atoms with Crippen molar-refractivity contribution >= 4 is 40.0 Å². The molecule has 6 nitrogen and oxygen atoms in total. The van der Waals surface area contributed by atoms with Crippen molar-refractivity contribution in [2.24, 2.45) is 0 Å². The summed E-state index contributed by atoms with van der Waals surface area (Å²) in [5, 5.41) is 14.0. The molecule has 1 aliphatic rings. The van der Waals surface area contributed by atoms with Crippen LogP contribution in [0.1, 0.15) is 45.7 Å². The number of hydrogen-bond acceptors (Lipinski definition) is 5. The number of carboxylic acid groups (broad SMARTS) is 1. The Kier molecular flexibility index (Phi) is 5.38. The standard InChI is InChI=1S/C26H23ClN4O2/c1-15-11-17-7-10-23(31-13-18-5-3-4-6-19(18)14-31)30-24(17)20(12-15)16(2)28-21-8-9-22(27)29-25(21)26(32)33/h3-12,16,28H,13-14H2,1-2H3,(H,32,33)/t16-/m1/s1. The molecule has 0 radical (unpaired) electrons. The first-order valence-electron chi connectivity index (χ1n) is 10.8. The Morgan fingerprint density at radius 1 is 1.06 bits per heavy atom. The molecule has 0 bridgehead atoms. The van der Waals surface area contributed by atoms with Gasteiger partial charge in [0.15, 0.2) is 5.69 Å². The number of aromatic carboxylic acids is 1. The molecule has 0 saturated carbocycles. The van der Waals surface area contributed by atoms with Crippen LogP contribution in [0.25, 0.3) is 10.9 Å². The number of anilines is 2. The number of pyridine rings is 2. The van der Waals surface area contributed by atoms with Crippen LogP contribution < -0.4 is 10.2 Å². The monoisotopic (exact) mass is 458 g/mol. The van der Waals surface area contributed by atoms with Gasteiger partial charge in [-0.2, -0.15) is 0 Å². The van der Waals surface area contributed by atoms with Crippen molar-refractivity contribution in [3.05, 3.63) is 93.8 Å². The molecule has 1 atom stereocenters. The third-order valence-corrected chi connectivity index (χ3v) is 6.23. The predicted molar refractivity (Wildman–Crippen MR) is 131 cm³/mol. The van der Waals surface area contributed by atoms with E-state index in [1.165, 1.54) is 11.1 Å². The van der Waals surface area contributed by atoms with Crippen LogP contribution in [-0.2, 0) is 13.1 Å². The fourth-order valence-corrected chi connectivity index (χ4v) is 4.58. The van der Waals surface area contributed by atoms with Crippen LogP contribution in [0, 0.1) is 6.92 Å². The number of carboxylic acids is 1. The van der Waals surface area contributed by atoms with Gasteiger partial charge in [-0.15, -0.1) is 0 Å². The Bertz CT molecular complexity index is 1360. The second-order valence-corrected chi connectivity index (χ2v) is 8.81. The van der Waals surface area contributed by atoms with E-state index >= 15 is 0 Å². The van der Waals surface area contributed by atoms with E-state index in [4.69, 9.17) is 16.6 Å². The maximum absolute atomic E-state index is 11.7. The Labute approximate surface area is 196 Å². The number of fused-ring (bicyclic) bond motifs is 2. The van der Waals surface area contributed by atoms with Crippen LogP contribution in [0.4, 0.5) is 11.5 Å². The first-order valence-corrected chi connectivity index (χ1v) is 11.2. The van der Waals surface area contributed by atoms with Crippen LogP contribution >= 0.6 is 11.6 Å². The minimum atomic E-state index is -1.13. The molecule has 0 aliphatic carbocycles. The maximum Gasteiger partial charge on any atom is 0.356 e. The number of aromatic nitrogens is 2. The zero-order valence-corrected chi connectivity index (χ0v) is 19.1. The van der Waals surface area contributed by atoms with Crippen LogP contribution in [0.3, 0.4) is 0 Å². The average molecular weight is 459 g/mol. The third kappa shape index (κ3) is 4.10. The average Bonchev–Trinajstić information content (AvgIpc) is 3.23. The lowest BCUT2D eigenvalue weighted by Crippen LogP contribution is -2.17. The number of aryl methyl sites for hydroxylation is 1. The van der Waals surface area contributed by atoms with Crippen molar-refractivity contribution in [2.45, 2.75) is 33.0 Å². The summed E-state index contributed by atoms with van der Waals surface area (Å²) in [6, 6.07) is 19.9. The number of nitrogens with zero attached hydrogens (tertiary/aromatic N) is 3. The summed E-state index contributed by atoms with van der Waals surface area (Å²) >= 11 is 5.91. The molecule has 7 heteroatoms. The van der Waals surface area contributed by atoms with Crippen molar-refractivity contribution in [2.75, 3.05) is 10.2 Å². The SMILES string of the molecule is Cc1cc([C@@H](C)Nc2ccc(Cl)nc2C(=O)O)c2nc(N3Cc4ccccc4C3)ccc2c1. The highest BCUT2D eigenvalue weighted by molar-refractivity contribution is 6.29. The lowest BCUT2D eigenvalue weighted by molar-refractivity contribution is 0.0691. The molecule has 0 spiro atoms. The summed E-state index contributed by atoms with van der Waals surface area (Å²) in [6.07, 6.45) is 0. The Balaban J connectivity index is 1.52. The van der Waals surface area contributed by atoms with Crippen LogP contribution in [-0.4, -0.2) is 21.0 Å². The summed E-state index contributed by atoms with van der Waals surface area (Å²) in [7, 11) is 0. The van der Waals surface area contributed by atoms with Gasteiger partial charge in [0.1, 0.15) is 11.0 Å². The molecule has 5 rings (SSSR count). The number of benzene rings is 2. The molecular formula is C26H23ClN4O2. The van der Waals surface area contributed by atoms with Crippen molar-refractivity contribution in [1.29, 1.82) is 0 Å². The molecule has 2 aromatic carbocycles. The second-order valence-electron chi connectivity index (χ2n) is 8.42. The maximum atomic E-state index is 11.7. The molecule has 33 heavy (non-hydrogen) atoms. The molecular weight excluding hydrogens is 436 g/mol. The molecule has 4 aromatic rings. The number of rotatable bonds is 5. The van der Waals surface area contributed by atoms with Crippen molar-refractivity contribution in [3.8, 4) is 0 Å². The molecule has 0 fully saturated rings. The zero-order chi connectivity index (χ0) is 23.1. The number of hydrogen-bond donors (Lipinski definition) is 2. The quantitative estimate of drug-likeness (QED) is 0.358. The number of carbonyl (C=O) groups is 1. The molecule has 0 saturated heterocycles. The lowest BCUT2D eigenvalue weighted by atomic mass is 10.00. The topological polar surface area (TPSA) is 78.3 Å². The molecule has 1 aliphatic heterocycles. The van der Waals surface area contributed by atoms with E-state index in [0.717, 1.165) is 40.9 Å². The molecule has 3 heterocycles. The van der Waals surface area contributed by atoms with Crippen molar-refractivity contribution in [1.82, 2.24) is 9.97 Å². The smallest absolute Gasteiger partial charge is 0.356 e. The Morgan fingerprint density at radius 2 is 1.79 bits per heavy atom. The molecule has 166 valence electrons. The van der Waals surface area contributed by atoms with E-state index in [-0.39, 0.29) is 16.9 Å². The van der Waals surface area contributed by atoms with Crippen LogP contribution in [0.15, 0.2) is 60.7 Å². The van der Waals surface area contributed by atoms with Gasteiger partial charge in [0.2, 0.25) is 0 Å². The fourth-order valence-electron chi connectivity index (χ4n) is 4.44. The first-order chi connectivity index (χ1) is 15.9. The summed E-state index contributed by atoms with van der Waals surface area (Å²) in [5.74, 6) is -0.203. The minimum absolute atomic E-state index is 0.102. The predicted octanol–water partition coefficient (Wildman–Crippen LogP) is 5.98. The number of halogens is 1. The number of nitrogens with one attached hydrogen (secondary N) is 1. The van der Waals surface area contributed by atoms with Crippen LogP contribution in [0.2, 0.25) is 5.15 Å². The van der Waals surface area contributed by atoms with Gasteiger partial charge in [-0.25, -0.2) is 14.8 Å². The molecule has 2 N–H and O–H groups in total. The highest BCUT2D eigenvalue weighted by Gasteiger charge is 2.21. The minimum Gasteiger partial charge on any atom is -0.476 e. The summed E-state index contributed by atoms with van der Waals surface area (Å²) in [4.78, 5) is 23.0. The normalized spacial score (nSPS) is 13.7. The Hall–Kier alpha value is -3.64. The van der Waals surface area contributed by atoms with E-state index in [9.17, 15) is 9.90 Å². The van der Waals surface area contributed by atoms with Gasteiger partial charge < -0.3 is 15.3 Å². The fraction of sp³-hybridized carbons (Fsp3) is 0.192. The van der Waals surface area contributed by atoms with Gasteiger partial charge in [-0.3, -0.25) is 0 Å². The van der Waals surface area contributed by atoms with Crippen molar-refractivity contribution in [3.63, 3.8) is 0 Å². The first kappa shape index (κ1) is 21.2. The van der Waals surface area contributed by atoms with Gasteiger partial charge in [-0.05, 0) is 55.3 Å². The molecule has 0 unspecified atom stereocenters. The van der Waals surface area contributed by atoms with Crippen LogP contribution in [0.5, 0.6) is 0 Å². The summed E-state index contributed by atoms with van der Waals surface area (Å²) in [6.45, 7) is 5.71. The zero-order valence-electron chi connectivity index (χ0n) is 18.3. The molecule has 0 amide bonds. The lowest BCUT2D eigenvalue weighted by Gasteiger charge is -2.21. The Morgan fingerprint density at radius 3 is 2.48 bits per heavy atom. The van der Waals surface area contributed by atoms with Gasteiger partial charge in [0.05, 0.1) is 17.2 Å².